The number of halogens is 2. The van der Waals surface area contributed by atoms with Crippen molar-refractivity contribution < 1.29 is 4.79 Å². The summed E-state index contributed by atoms with van der Waals surface area (Å²) < 4.78 is 0. The Morgan fingerprint density at radius 1 is 1.00 bits per heavy atom. The number of pyridine rings is 1. The molecular weight excluding hydrogens is 367 g/mol. The van der Waals surface area contributed by atoms with Gasteiger partial charge in [0.1, 0.15) is 0 Å². The number of benzene rings is 2. The second kappa shape index (κ2) is 8.84. The van der Waals surface area contributed by atoms with Crippen LogP contribution in [-0.2, 0) is 17.8 Å². The van der Waals surface area contributed by atoms with Crippen LogP contribution in [0.4, 0.5) is 0 Å². The number of hydrogen-bond donors (Lipinski definition) is 1. The van der Waals surface area contributed by atoms with Gasteiger partial charge < -0.3 is 5.32 Å². The molecule has 26 heavy (non-hydrogen) atoms. The Balaban J connectivity index is 1.78. The maximum absolute atomic E-state index is 12.9. The summed E-state index contributed by atoms with van der Waals surface area (Å²) in [5.74, 6) is -0.393. The topological polar surface area (TPSA) is 42.0 Å². The fraction of sp³-hybridized carbons (Fsp3) is 0.143. The maximum atomic E-state index is 12.9. The predicted octanol–water partition coefficient (Wildman–Crippen LogP) is 5.03. The molecule has 1 atom stereocenters. The third-order valence-electron chi connectivity index (χ3n) is 4.16. The van der Waals surface area contributed by atoms with Gasteiger partial charge in [0.2, 0.25) is 5.91 Å². The van der Waals surface area contributed by atoms with Gasteiger partial charge in [-0.2, -0.15) is 0 Å². The quantitative estimate of drug-likeness (QED) is 0.647. The van der Waals surface area contributed by atoms with Gasteiger partial charge >= 0.3 is 0 Å². The lowest BCUT2D eigenvalue weighted by Gasteiger charge is -2.18. The maximum Gasteiger partial charge on any atom is 0.228 e. The van der Waals surface area contributed by atoms with Gasteiger partial charge in [0, 0.05) is 29.0 Å². The molecule has 5 heteroatoms. The molecule has 132 valence electrons. The molecule has 1 aromatic heterocycles. The van der Waals surface area contributed by atoms with Crippen molar-refractivity contribution in [3.05, 3.63) is 99.8 Å². The first-order valence-electron chi connectivity index (χ1n) is 8.29. The van der Waals surface area contributed by atoms with Crippen LogP contribution in [0.1, 0.15) is 22.6 Å². The molecule has 0 aliphatic heterocycles. The second-order valence-electron chi connectivity index (χ2n) is 5.98. The lowest BCUT2D eigenvalue weighted by molar-refractivity contribution is -0.122. The fourth-order valence-corrected chi connectivity index (χ4v) is 3.09. The van der Waals surface area contributed by atoms with Crippen LogP contribution < -0.4 is 5.32 Å². The van der Waals surface area contributed by atoms with Gasteiger partial charge in [-0.15, -0.1) is 0 Å². The van der Waals surface area contributed by atoms with Crippen LogP contribution in [0, 0.1) is 0 Å². The van der Waals surface area contributed by atoms with E-state index in [0.29, 0.717) is 23.0 Å². The number of nitrogens with zero attached hydrogens (tertiary/aromatic N) is 1. The summed E-state index contributed by atoms with van der Waals surface area (Å²) in [7, 11) is 0. The number of carbonyl (C=O) groups excluding carboxylic acids is 1. The standard InChI is InChI=1S/C21H18Cl2N2O/c22-18-9-7-16(8-10-18)19(12-15-4-3-11-24-13-15)21(26)25-14-17-5-1-2-6-20(17)23/h1-11,13,19H,12,14H2,(H,25,26). The van der Waals surface area contributed by atoms with Crippen molar-refractivity contribution >= 4 is 29.1 Å². The predicted molar refractivity (Wildman–Crippen MR) is 105 cm³/mol. The summed E-state index contributed by atoms with van der Waals surface area (Å²) >= 11 is 12.2. The van der Waals surface area contributed by atoms with Crippen LogP contribution in [0.25, 0.3) is 0 Å². The molecule has 1 amide bonds. The number of aromatic nitrogens is 1. The van der Waals surface area contributed by atoms with Crippen molar-refractivity contribution in [2.24, 2.45) is 0 Å². The molecule has 0 bridgehead atoms. The zero-order chi connectivity index (χ0) is 18.4. The van der Waals surface area contributed by atoms with E-state index in [-0.39, 0.29) is 11.8 Å². The Bertz CT molecular complexity index is 867. The Morgan fingerprint density at radius 2 is 1.77 bits per heavy atom. The zero-order valence-electron chi connectivity index (χ0n) is 14.0. The van der Waals surface area contributed by atoms with E-state index in [9.17, 15) is 4.79 Å². The molecule has 3 nitrogen and oxygen atoms in total. The smallest absolute Gasteiger partial charge is 0.228 e. The van der Waals surface area contributed by atoms with Gasteiger partial charge in [0.05, 0.1) is 5.92 Å². The molecule has 0 saturated carbocycles. The average molecular weight is 385 g/mol. The van der Waals surface area contributed by atoms with E-state index in [0.717, 1.165) is 16.7 Å². The second-order valence-corrected chi connectivity index (χ2v) is 6.82. The molecule has 3 rings (SSSR count). The zero-order valence-corrected chi connectivity index (χ0v) is 15.5. The largest absolute Gasteiger partial charge is 0.351 e. The Morgan fingerprint density at radius 3 is 2.46 bits per heavy atom. The Hall–Kier alpha value is -2.36. The molecule has 0 fully saturated rings. The van der Waals surface area contributed by atoms with Gasteiger partial charge in [-0.25, -0.2) is 0 Å². The molecule has 0 radical (unpaired) electrons. The molecule has 3 aromatic rings. The van der Waals surface area contributed by atoms with E-state index in [1.54, 1.807) is 24.5 Å². The number of hydrogen-bond acceptors (Lipinski definition) is 2. The molecular formula is C21H18Cl2N2O. The van der Waals surface area contributed by atoms with Gasteiger partial charge in [-0.05, 0) is 47.4 Å². The van der Waals surface area contributed by atoms with Gasteiger partial charge in [-0.3, -0.25) is 9.78 Å². The highest BCUT2D eigenvalue weighted by Crippen LogP contribution is 2.23. The Labute approximate surface area is 163 Å². The molecule has 1 N–H and O–H groups in total. The van der Waals surface area contributed by atoms with Gasteiger partial charge in [0.25, 0.3) is 0 Å². The molecule has 0 saturated heterocycles. The summed E-state index contributed by atoms with van der Waals surface area (Å²) in [4.78, 5) is 17.0. The van der Waals surface area contributed by atoms with Crippen LogP contribution >= 0.6 is 23.2 Å². The summed E-state index contributed by atoms with van der Waals surface area (Å²) in [5.41, 5.74) is 2.80. The minimum atomic E-state index is -0.334. The van der Waals surface area contributed by atoms with E-state index >= 15 is 0 Å². The van der Waals surface area contributed by atoms with Crippen LogP contribution in [0.3, 0.4) is 0 Å². The summed E-state index contributed by atoms with van der Waals surface area (Å²) in [6.45, 7) is 0.385. The van der Waals surface area contributed by atoms with E-state index in [4.69, 9.17) is 23.2 Å². The van der Waals surface area contributed by atoms with Crippen LogP contribution in [0.15, 0.2) is 73.1 Å². The van der Waals surface area contributed by atoms with E-state index in [1.165, 1.54) is 0 Å². The number of carbonyl (C=O) groups is 1. The van der Waals surface area contributed by atoms with Crippen molar-refractivity contribution in [1.82, 2.24) is 10.3 Å². The highest BCUT2D eigenvalue weighted by atomic mass is 35.5. The van der Waals surface area contributed by atoms with Crippen molar-refractivity contribution in [1.29, 1.82) is 0 Å². The molecule has 1 unspecified atom stereocenters. The minimum Gasteiger partial charge on any atom is -0.351 e. The first kappa shape index (κ1) is 18.4. The third kappa shape index (κ3) is 4.84. The molecule has 0 spiro atoms. The van der Waals surface area contributed by atoms with Crippen molar-refractivity contribution in [3.63, 3.8) is 0 Å². The average Bonchev–Trinajstić information content (AvgIpc) is 2.67. The van der Waals surface area contributed by atoms with E-state index in [1.807, 2.05) is 48.5 Å². The van der Waals surface area contributed by atoms with Crippen LogP contribution in [-0.4, -0.2) is 10.9 Å². The number of amides is 1. The molecule has 2 aromatic carbocycles. The monoisotopic (exact) mass is 384 g/mol. The molecule has 0 aliphatic rings. The van der Waals surface area contributed by atoms with Crippen molar-refractivity contribution in [2.75, 3.05) is 0 Å². The number of rotatable bonds is 6. The summed E-state index contributed by atoms with van der Waals surface area (Å²) in [5, 5.41) is 4.28. The lowest BCUT2D eigenvalue weighted by Crippen LogP contribution is -2.30. The minimum absolute atomic E-state index is 0.0592. The van der Waals surface area contributed by atoms with Crippen molar-refractivity contribution in [2.45, 2.75) is 18.9 Å². The summed E-state index contributed by atoms with van der Waals surface area (Å²) in [6.07, 6.45) is 4.06. The first-order valence-corrected chi connectivity index (χ1v) is 9.04. The first-order chi connectivity index (χ1) is 12.6. The van der Waals surface area contributed by atoms with E-state index in [2.05, 4.69) is 10.3 Å². The Kier molecular flexibility index (Phi) is 6.26. The third-order valence-corrected chi connectivity index (χ3v) is 4.78. The number of nitrogens with one attached hydrogen (secondary N) is 1. The van der Waals surface area contributed by atoms with Gasteiger partial charge in [0.15, 0.2) is 0 Å². The normalized spacial score (nSPS) is 11.8. The molecule has 0 aliphatic carbocycles. The molecule has 1 heterocycles. The van der Waals surface area contributed by atoms with Gasteiger partial charge in [-0.1, -0.05) is 59.6 Å². The lowest BCUT2D eigenvalue weighted by atomic mass is 9.91. The SMILES string of the molecule is O=C(NCc1ccccc1Cl)C(Cc1cccnc1)c1ccc(Cl)cc1. The van der Waals surface area contributed by atoms with Crippen LogP contribution in [0.5, 0.6) is 0 Å². The van der Waals surface area contributed by atoms with Crippen molar-refractivity contribution in [3.8, 4) is 0 Å². The fourth-order valence-electron chi connectivity index (χ4n) is 2.76. The highest BCUT2D eigenvalue weighted by molar-refractivity contribution is 6.31. The highest BCUT2D eigenvalue weighted by Gasteiger charge is 2.21. The van der Waals surface area contributed by atoms with E-state index < -0.39 is 0 Å². The summed E-state index contributed by atoms with van der Waals surface area (Å²) in [6, 6.07) is 18.7. The van der Waals surface area contributed by atoms with Crippen LogP contribution in [0.2, 0.25) is 10.0 Å².